The molecule has 1 aromatic rings. The van der Waals surface area contributed by atoms with Crippen LogP contribution in [0.1, 0.15) is 25.7 Å². The zero-order valence-electron chi connectivity index (χ0n) is 13.1. The van der Waals surface area contributed by atoms with Gasteiger partial charge in [0.15, 0.2) is 0 Å². The number of nitrogens with one attached hydrogen (secondary N) is 1. The Kier molecular flexibility index (Phi) is 6.10. The van der Waals surface area contributed by atoms with Gasteiger partial charge in [-0.2, -0.15) is 4.31 Å². The second-order valence-electron chi connectivity index (χ2n) is 5.50. The quantitative estimate of drug-likeness (QED) is 0.787. The van der Waals surface area contributed by atoms with E-state index >= 15 is 0 Å². The highest BCUT2D eigenvalue weighted by Crippen LogP contribution is 2.21. The van der Waals surface area contributed by atoms with E-state index in [1.54, 1.807) is 0 Å². The molecule has 8 heteroatoms. The van der Waals surface area contributed by atoms with Crippen molar-refractivity contribution in [3.8, 4) is 0 Å². The SMILES string of the molecule is O=C(O)/C=C\C(=O)Nc1ccc(S(=O)(=O)N2CCCCCC2)cc1. The number of hydrogen-bond acceptors (Lipinski definition) is 4. The molecule has 0 aliphatic carbocycles. The molecule has 0 aromatic heterocycles. The Morgan fingerprint density at radius 2 is 1.58 bits per heavy atom. The summed E-state index contributed by atoms with van der Waals surface area (Å²) in [5.41, 5.74) is 0.393. The molecule has 0 unspecified atom stereocenters. The maximum absolute atomic E-state index is 12.6. The molecule has 1 fully saturated rings. The topological polar surface area (TPSA) is 104 Å². The van der Waals surface area contributed by atoms with Gasteiger partial charge in [0.1, 0.15) is 0 Å². The minimum absolute atomic E-state index is 0.184. The number of sulfonamides is 1. The highest BCUT2D eigenvalue weighted by molar-refractivity contribution is 7.89. The van der Waals surface area contributed by atoms with E-state index in [-0.39, 0.29) is 4.90 Å². The number of aliphatic carboxylic acids is 1. The molecule has 0 bridgehead atoms. The Labute approximate surface area is 141 Å². The molecule has 1 saturated heterocycles. The maximum Gasteiger partial charge on any atom is 0.328 e. The predicted molar refractivity (Wildman–Crippen MR) is 89.1 cm³/mol. The van der Waals surface area contributed by atoms with Gasteiger partial charge in [-0.1, -0.05) is 12.8 Å². The lowest BCUT2D eigenvalue weighted by molar-refractivity contribution is -0.131. The Balaban J connectivity index is 2.07. The number of carboxylic acid groups (broad SMARTS) is 1. The van der Waals surface area contributed by atoms with Gasteiger partial charge in [-0.25, -0.2) is 13.2 Å². The van der Waals surface area contributed by atoms with Crippen molar-refractivity contribution in [2.75, 3.05) is 18.4 Å². The molecule has 24 heavy (non-hydrogen) atoms. The summed E-state index contributed by atoms with van der Waals surface area (Å²) in [5.74, 6) is -1.82. The number of carbonyl (C=O) groups is 2. The molecular weight excluding hydrogens is 332 g/mol. The lowest BCUT2D eigenvalue weighted by atomic mass is 10.2. The lowest BCUT2D eigenvalue weighted by Crippen LogP contribution is -2.31. The van der Waals surface area contributed by atoms with Crippen LogP contribution in [-0.2, 0) is 19.6 Å². The molecule has 2 rings (SSSR count). The van der Waals surface area contributed by atoms with Gasteiger partial charge in [0.25, 0.3) is 0 Å². The van der Waals surface area contributed by atoms with Crippen molar-refractivity contribution in [2.45, 2.75) is 30.6 Å². The number of anilines is 1. The number of amides is 1. The summed E-state index contributed by atoms with van der Waals surface area (Å²) in [5, 5.41) is 10.9. The first-order valence-electron chi connectivity index (χ1n) is 7.72. The van der Waals surface area contributed by atoms with Crippen molar-refractivity contribution in [2.24, 2.45) is 0 Å². The van der Waals surface area contributed by atoms with E-state index in [4.69, 9.17) is 5.11 Å². The number of carboxylic acids is 1. The monoisotopic (exact) mass is 352 g/mol. The molecule has 7 nitrogen and oxygen atoms in total. The van der Waals surface area contributed by atoms with E-state index in [1.807, 2.05) is 0 Å². The van der Waals surface area contributed by atoms with Crippen LogP contribution in [0.5, 0.6) is 0 Å². The Hall–Kier alpha value is -2.19. The molecular formula is C16H20N2O5S. The third kappa shape index (κ3) is 4.90. The zero-order valence-corrected chi connectivity index (χ0v) is 14.0. The third-order valence-electron chi connectivity index (χ3n) is 3.70. The molecule has 0 saturated carbocycles. The molecule has 1 amide bonds. The van der Waals surface area contributed by atoms with Gasteiger partial charge >= 0.3 is 5.97 Å². The van der Waals surface area contributed by atoms with Crippen LogP contribution in [0.3, 0.4) is 0 Å². The van der Waals surface area contributed by atoms with Gasteiger partial charge in [0.05, 0.1) is 4.90 Å². The first-order chi connectivity index (χ1) is 11.4. The number of rotatable bonds is 5. The number of hydrogen-bond donors (Lipinski definition) is 2. The highest BCUT2D eigenvalue weighted by atomic mass is 32.2. The van der Waals surface area contributed by atoms with Gasteiger partial charge in [-0.3, -0.25) is 4.79 Å². The van der Waals surface area contributed by atoms with Crippen molar-refractivity contribution in [1.82, 2.24) is 4.31 Å². The van der Waals surface area contributed by atoms with Gasteiger partial charge in [-0.15, -0.1) is 0 Å². The van der Waals surface area contributed by atoms with Gasteiger partial charge in [0.2, 0.25) is 15.9 Å². The second kappa shape index (κ2) is 8.07. The van der Waals surface area contributed by atoms with E-state index < -0.39 is 21.9 Å². The molecule has 0 atom stereocenters. The minimum atomic E-state index is -3.52. The minimum Gasteiger partial charge on any atom is -0.478 e. The molecule has 130 valence electrons. The Bertz CT molecular complexity index is 717. The fraction of sp³-hybridized carbons (Fsp3) is 0.375. The first-order valence-corrected chi connectivity index (χ1v) is 9.16. The fourth-order valence-corrected chi connectivity index (χ4v) is 3.99. The van der Waals surface area contributed by atoms with Crippen LogP contribution in [0.4, 0.5) is 5.69 Å². The maximum atomic E-state index is 12.6. The second-order valence-corrected chi connectivity index (χ2v) is 7.44. The lowest BCUT2D eigenvalue weighted by Gasteiger charge is -2.20. The van der Waals surface area contributed by atoms with E-state index in [9.17, 15) is 18.0 Å². The van der Waals surface area contributed by atoms with Crippen molar-refractivity contribution in [3.63, 3.8) is 0 Å². The largest absolute Gasteiger partial charge is 0.478 e. The third-order valence-corrected chi connectivity index (χ3v) is 5.61. The summed E-state index contributed by atoms with van der Waals surface area (Å²) in [7, 11) is -3.52. The Morgan fingerprint density at radius 3 is 2.12 bits per heavy atom. The van der Waals surface area contributed by atoms with Gasteiger partial charge in [-0.05, 0) is 37.1 Å². The smallest absolute Gasteiger partial charge is 0.328 e. The summed E-state index contributed by atoms with van der Waals surface area (Å²) < 4.78 is 26.7. The average Bonchev–Trinajstić information content (AvgIpc) is 2.83. The fourth-order valence-electron chi connectivity index (χ4n) is 2.47. The highest BCUT2D eigenvalue weighted by Gasteiger charge is 2.24. The van der Waals surface area contributed by atoms with Crippen LogP contribution in [-0.4, -0.2) is 42.8 Å². The van der Waals surface area contributed by atoms with Crippen molar-refractivity contribution < 1.29 is 23.1 Å². The van der Waals surface area contributed by atoms with Crippen molar-refractivity contribution in [3.05, 3.63) is 36.4 Å². The van der Waals surface area contributed by atoms with Crippen LogP contribution < -0.4 is 5.32 Å². The van der Waals surface area contributed by atoms with E-state index in [0.29, 0.717) is 18.8 Å². The number of carbonyl (C=O) groups excluding carboxylic acids is 1. The average molecular weight is 352 g/mol. The van der Waals surface area contributed by atoms with Gasteiger partial charge < -0.3 is 10.4 Å². The summed E-state index contributed by atoms with van der Waals surface area (Å²) in [6.45, 7) is 1.06. The van der Waals surface area contributed by atoms with Crippen LogP contribution in [0.25, 0.3) is 0 Å². The predicted octanol–water partition coefficient (Wildman–Crippen LogP) is 1.83. The normalized spacial score (nSPS) is 16.7. The standard InChI is InChI=1S/C16H20N2O5S/c19-15(9-10-16(20)21)17-13-5-7-14(8-6-13)24(22,23)18-11-3-1-2-4-12-18/h5-10H,1-4,11-12H2,(H,17,19)(H,20,21)/b10-9-. The van der Waals surface area contributed by atoms with Crippen LogP contribution in [0, 0.1) is 0 Å². The molecule has 1 heterocycles. The number of nitrogens with zero attached hydrogens (tertiary/aromatic N) is 1. The summed E-state index contributed by atoms with van der Waals surface area (Å²) >= 11 is 0. The Morgan fingerprint density at radius 1 is 1.00 bits per heavy atom. The molecule has 1 aromatic carbocycles. The summed E-state index contributed by atoms with van der Waals surface area (Å²) in [6.07, 6.45) is 5.44. The van der Waals surface area contributed by atoms with Crippen LogP contribution in [0.2, 0.25) is 0 Å². The van der Waals surface area contributed by atoms with Crippen LogP contribution in [0.15, 0.2) is 41.3 Å². The first kappa shape index (κ1) is 18.2. The van der Waals surface area contributed by atoms with E-state index in [1.165, 1.54) is 28.6 Å². The van der Waals surface area contributed by atoms with Crippen LogP contribution >= 0.6 is 0 Å². The molecule has 0 spiro atoms. The van der Waals surface area contributed by atoms with Gasteiger partial charge in [0, 0.05) is 30.9 Å². The van der Waals surface area contributed by atoms with Crippen molar-refractivity contribution >= 4 is 27.6 Å². The van der Waals surface area contributed by atoms with Crippen molar-refractivity contribution in [1.29, 1.82) is 0 Å². The van der Waals surface area contributed by atoms with E-state index in [0.717, 1.165) is 37.8 Å². The van der Waals surface area contributed by atoms with E-state index in [2.05, 4.69) is 5.32 Å². The molecule has 1 aliphatic rings. The number of benzene rings is 1. The summed E-state index contributed by atoms with van der Waals surface area (Å²) in [6, 6.07) is 5.85. The molecule has 1 aliphatic heterocycles. The summed E-state index contributed by atoms with van der Waals surface area (Å²) in [4.78, 5) is 22.0. The zero-order chi connectivity index (χ0) is 17.6. The molecule has 2 N–H and O–H groups in total. The molecule has 0 radical (unpaired) electrons.